The summed E-state index contributed by atoms with van der Waals surface area (Å²) in [4.78, 5) is 0. The Labute approximate surface area is 353 Å². The minimum atomic E-state index is 0.880. The molecule has 0 bridgehead atoms. The highest BCUT2D eigenvalue weighted by Gasteiger charge is 2.56. The van der Waals surface area contributed by atoms with Crippen molar-refractivity contribution in [2.24, 2.45) is 118 Å². The first kappa shape index (κ1) is 45.5. The zero-order chi connectivity index (χ0) is 39.9. The molecule has 7 aliphatic carbocycles. The van der Waals surface area contributed by atoms with E-state index < -0.39 is 0 Å². The molecule has 0 nitrogen and oxygen atoms in total. The molecule has 0 saturated heterocycles. The number of hydrogen-bond acceptors (Lipinski definition) is 0. The van der Waals surface area contributed by atoms with Crippen LogP contribution in [0.4, 0.5) is 0 Å². The molecular weight excluding hydrogens is 673 g/mol. The van der Waals surface area contributed by atoms with E-state index >= 15 is 0 Å². The molecule has 0 radical (unpaired) electrons. The lowest BCUT2D eigenvalue weighted by Gasteiger charge is -2.61. The van der Waals surface area contributed by atoms with Gasteiger partial charge in [0.2, 0.25) is 0 Å². The van der Waals surface area contributed by atoms with Crippen molar-refractivity contribution in [3.8, 4) is 0 Å². The molecule has 0 heterocycles. The third kappa shape index (κ3) is 10.0. The van der Waals surface area contributed by atoms with Crippen molar-refractivity contribution in [1.29, 1.82) is 0 Å². The Morgan fingerprint density at radius 2 is 0.982 bits per heavy atom. The number of fused-ring (bicyclic) bond motifs is 2. The first-order valence-corrected chi connectivity index (χ1v) is 27.2. The maximum absolute atomic E-state index is 2.81. The van der Waals surface area contributed by atoms with Gasteiger partial charge in [0, 0.05) is 0 Å². The van der Waals surface area contributed by atoms with E-state index in [1.165, 1.54) is 44.9 Å². The second-order valence-electron chi connectivity index (χ2n) is 23.3. The predicted molar refractivity (Wildman–Crippen MR) is 247 cm³/mol. The largest absolute Gasteiger partial charge is 0.0683 e. The smallest absolute Gasteiger partial charge is 0.0321 e. The van der Waals surface area contributed by atoms with Gasteiger partial charge in [0.25, 0.3) is 0 Å². The minimum Gasteiger partial charge on any atom is -0.0683 e. The van der Waals surface area contributed by atoms with Gasteiger partial charge in [-0.25, -0.2) is 0 Å². The molecule has 0 aromatic carbocycles. The third-order valence-corrected chi connectivity index (χ3v) is 20.9. The van der Waals surface area contributed by atoms with Crippen LogP contribution >= 0.6 is 0 Å². The van der Waals surface area contributed by atoms with Gasteiger partial charge in [0.15, 0.2) is 0 Å². The Balaban J connectivity index is 0.00000262. The van der Waals surface area contributed by atoms with Gasteiger partial charge in [-0.3, -0.25) is 0 Å². The van der Waals surface area contributed by atoms with E-state index in [2.05, 4.69) is 55.4 Å². The summed E-state index contributed by atoms with van der Waals surface area (Å²) in [7, 11) is 0. The van der Waals surface area contributed by atoms with Crippen LogP contribution in [0.15, 0.2) is 0 Å². The van der Waals surface area contributed by atoms with E-state index in [0.717, 1.165) is 118 Å². The molecule has 7 aliphatic rings. The first-order chi connectivity index (χ1) is 27.2. The van der Waals surface area contributed by atoms with Crippen LogP contribution in [-0.4, -0.2) is 0 Å². The molecule has 326 valence electrons. The van der Waals surface area contributed by atoms with Crippen LogP contribution < -0.4 is 0 Å². The lowest BCUT2D eigenvalue weighted by Crippen LogP contribution is -2.54. The quantitative estimate of drug-likeness (QED) is 0.185. The summed E-state index contributed by atoms with van der Waals surface area (Å²) in [6, 6.07) is 0. The molecule has 7 saturated carbocycles. The second kappa shape index (κ2) is 21.7. The maximum atomic E-state index is 2.81. The standard InChI is InChI=1S/C54H96.C2H6/c1-9-17-40-32-43(27-25-36(40)5)41-19-16-20-45(33-41)53-48-21-12-14-23-50(48)54(51-24-15-13-22-49(51)53)46-30-29-42(31-38(46)7)44-28-26-37(6)52(34-44)47(18-10-2)39(8)35(4)11-3;1-2/h35-54H,9-34H2,1-8H3;1-2H3. The summed E-state index contributed by atoms with van der Waals surface area (Å²) in [5.74, 6) is 20.6. The molecule has 56 heavy (non-hydrogen) atoms. The Hall–Kier alpha value is 0. The molecule has 0 aromatic heterocycles. The Morgan fingerprint density at radius 3 is 1.57 bits per heavy atom. The maximum Gasteiger partial charge on any atom is -0.0321 e. The molecule has 0 heteroatoms. The van der Waals surface area contributed by atoms with E-state index in [-0.39, 0.29) is 0 Å². The third-order valence-electron chi connectivity index (χ3n) is 20.9. The van der Waals surface area contributed by atoms with Crippen molar-refractivity contribution in [1.82, 2.24) is 0 Å². The number of hydrogen-bond donors (Lipinski definition) is 0. The lowest BCUT2D eigenvalue weighted by atomic mass is 9.44. The normalized spacial score (nSPS) is 46.3. The Morgan fingerprint density at radius 1 is 0.446 bits per heavy atom. The van der Waals surface area contributed by atoms with E-state index in [1.54, 1.807) is 122 Å². The van der Waals surface area contributed by atoms with Crippen molar-refractivity contribution in [2.75, 3.05) is 0 Å². The molecule has 7 fully saturated rings. The van der Waals surface area contributed by atoms with Gasteiger partial charge in [0.05, 0.1) is 0 Å². The highest BCUT2D eigenvalue weighted by Crippen LogP contribution is 2.64. The van der Waals surface area contributed by atoms with Crippen LogP contribution in [0, 0.1) is 118 Å². The predicted octanol–water partition coefficient (Wildman–Crippen LogP) is 17.7. The summed E-state index contributed by atoms with van der Waals surface area (Å²) in [5.41, 5.74) is 0. The van der Waals surface area contributed by atoms with Gasteiger partial charge >= 0.3 is 0 Å². The molecule has 18 atom stereocenters. The average molecular weight is 775 g/mol. The monoisotopic (exact) mass is 775 g/mol. The van der Waals surface area contributed by atoms with Gasteiger partial charge in [-0.1, -0.05) is 159 Å². The van der Waals surface area contributed by atoms with Crippen LogP contribution in [0.3, 0.4) is 0 Å². The van der Waals surface area contributed by atoms with Crippen LogP contribution in [0.2, 0.25) is 0 Å². The van der Waals surface area contributed by atoms with Gasteiger partial charge in [-0.05, 0) is 195 Å². The minimum absolute atomic E-state index is 0.880. The summed E-state index contributed by atoms with van der Waals surface area (Å²) in [5, 5.41) is 0. The van der Waals surface area contributed by atoms with Crippen molar-refractivity contribution in [3.63, 3.8) is 0 Å². The fourth-order valence-electron chi connectivity index (χ4n) is 17.8. The van der Waals surface area contributed by atoms with Crippen molar-refractivity contribution in [3.05, 3.63) is 0 Å². The first-order valence-electron chi connectivity index (χ1n) is 27.2. The molecule has 0 N–H and O–H groups in total. The lowest BCUT2D eigenvalue weighted by molar-refractivity contribution is -0.126. The van der Waals surface area contributed by atoms with Crippen LogP contribution in [0.5, 0.6) is 0 Å². The summed E-state index contributed by atoms with van der Waals surface area (Å²) >= 11 is 0. The summed E-state index contributed by atoms with van der Waals surface area (Å²) in [6.07, 6.45) is 40.4. The second-order valence-corrected chi connectivity index (χ2v) is 23.3. The van der Waals surface area contributed by atoms with Gasteiger partial charge in [-0.2, -0.15) is 0 Å². The van der Waals surface area contributed by atoms with Gasteiger partial charge in [0.1, 0.15) is 0 Å². The summed E-state index contributed by atoms with van der Waals surface area (Å²) < 4.78 is 0. The Bertz CT molecular complexity index is 1080. The van der Waals surface area contributed by atoms with Crippen molar-refractivity contribution < 1.29 is 0 Å². The average Bonchev–Trinajstić information content (AvgIpc) is 3.23. The van der Waals surface area contributed by atoms with Crippen molar-refractivity contribution in [2.45, 2.75) is 236 Å². The molecule has 0 aliphatic heterocycles. The van der Waals surface area contributed by atoms with Crippen LogP contribution in [0.1, 0.15) is 236 Å². The molecule has 0 spiro atoms. The topological polar surface area (TPSA) is 0 Å². The summed E-state index contributed by atoms with van der Waals surface area (Å²) in [6.45, 7) is 24.7. The van der Waals surface area contributed by atoms with E-state index in [4.69, 9.17) is 0 Å². The highest BCUT2D eigenvalue weighted by atomic mass is 14.6. The van der Waals surface area contributed by atoms with E-state index in [1.807, 2.05) is 13.8 Å². The highest BCUT2D eigenvalue weighted by molar-refractivity contribution is 5.05. The van der Waals surface area contributed by atoms with Gasteiger partial charge < -0.3 is 0 Å². The SMILES string of the molecule is CC.CCCC1CC(C2CCCC(C3C4CCCCC4C(C4CCC(C5CCC(C)C(C(CCC)C(C)C(C)CC)C5)CC4C)C4CCCCC43)C2)CCC1C. The van der Waals surface area contributed by atoms with E-state index in [0.29, 0.717) is 0 Å². The van der Waals surface area contributed by atoms with Crippen LogP contribution in [-0.2, 0) is 0 Å². The zero-order valence-corrected chi connectivity index (χ0v) is 39.9. The Kier molecular flexibility index (Phi) is 17.6. The molecule has 0 amide bonds. The molecular formula is C56H102. The fourth-order valence-corrected chi connectivity index (χ4v) is 17.8. The van der Waals surface area contributed by atoms with Crippen molar-refractivity contribution >= 4 is 0 Å². The van der Waals surface area contributed by atoms with E-state index in [9.17, 15) is 0 Å². The van der Waals surface area contributed by atoms with Gasteiger partial charge in [-0.15, -0.1) is 0 Å². The molecule has 7 rings (SSSR count). The molecule has 0 aromatic rings. The number of rotatable bonds is 12. The fraction of sp³-hybridized carbons (Fsp3) is 1.00. The zero-order valence-electron chi connectivity index (χ0n) is 39.9. The molecule has 18 unspecified atom stereocenters. The van der Waals surface area contributed by atoms with Crippen LogP contribution in [0.25, 0.3) is 0 Å².